The highest BCUT2D eigenvalue weighted by Crippen LogP contribution is 2.36. The Morgan fingerprint density at radius 1 is 1.00 bits per heavy atom. The average molecular weight is 584 g/mol. The summed E-state index contributed by atoms with van der Waals surface area (Å²) in [6, 6.07) is 12.5. The lowest BCUT2D eigenvalue weighted by molar-refractivity contribution is 0.223. The standard InChI is InChI=1S/C31H33N7O3S/c1-19-16-32-31(33-23-15-22-11-13-37(17-23)14-12-22)35-29(19)26-18-38(42(39,40)24-7-5-4-6-8-24)30-25(26)9-10-27(34-30)28-20(2)36-41-21(28)3/h4-10,16,18,22-23H,11-15,17H2,1-3H3,(H,32,33,35). The molecule has 10 nitrogen and oxygen atoms in total. The highest BCUT2D eigenvalue weighted by Gasteiger charge is 2.30. The topological polar surface area (TPSA) is 119 Å². The first-order valence-corrected chi connectivity index (χ1v) is 15.8. The molecule has 216 valence electrons. The van der Waals surface area contributed by atoms with Gasteiger partial charge in [0, 0.05) is 35.9 Å². The Bertz CT molecular complexity index is 1860. The molecule has 1 N–H and O–H groups in total. The largest absolute Gasteiger partial charge is 0.361 e. The third-order valence-electron chi connectivity index (χ3n) is 8.57. The molecule has 1 unspecified atom stereocenters. The van der Waals surface area contributed by atoms with E-state index in [2.05, 4.69) is 20.4 Å². The minimum Gasteiger partial charge on any atom is -0.361 e. The lowest BCUT2D eigenvalue weighted by Crippen LogP contribution is -2.35. The van der Waals surface area contributed by atoms with E-state index in [0.717, 1.165) is 43.1 Å². The van der Waals surface area contributed by atoms with Gasteiger partial charge in [-0.3, -0.25) is 0 Å². The van der Waals surface area contributed by atoms with Crippen molar-refractivity contribution in [3.8, 4) is 22.5 Å². The fourth-order valence-corrected chi connectivity index (χ4v) is 7.74. The van der Waals surface area contributed by atoms with Crippen LogP contribution < -0.4 is 5.32 Å². The first-order valence-electron chi connectivity index (χ1n) is 14.4. The number of aryl methyl sites for hydroxylation is 3. The van der Waals surface area contributed by atoms with E-state index < -0.39 is 10.0 Å². The van der Waals surface area contributed by atoms with Crippen molar-refractivity contribution in [3.63, 3.8) is 0 Å². The molecule has 4 aromatic heterocycles. The summed E-state index contributed by atoms with van der Waals surface area (Å²) in [6.45, 7) is 8.89. The Hall–Kier alpha value is -4.09. The zero-order valence-electron chi connectivity index (χ0n) is 23.9. The number of hydrogen-bond acceptors (Lipinski definition) is 9. The summed E-state index contributed by atoms with van der Waals surface area (Å²) in [6.07, 6.45) is 7.03. The Balaban J connectivity index is 1.36. The summed E-state index contributed by atoms with van der Waals surface area (Å²) in [5, 5.41) is 8.33. The summed E-state index contributed by atoms with van der Waals surface area (Å²) in [5.74, 6) is 1.90. The van der Waals surface area contributed by atoms with Gasteiger partial charge in [0.15, 0.2) is 5.65 Å². The molecule has 7 heterocycles. The van der Waals surface area contributed by atoms with Gasteiger partial charge < -0.3 is 14.7 Å². The van der Waals surface area contributed by atoms with Gasteiger partial charge >= 0.3 is 0 Å². The second-order valence-corrected chi connectivity index (χ2v) is 13.3. The summed E-state index contributed by atoms with van der Waals surface area (Å²) in [4.78, 5) is 17.1. The fourth-order valence-electron chi connectivity index (χ4n) is 6.41. The number of aromatic nitrogens is 5. The van der Waals surface area contributed by atoms with Crippen molar-refractivity contribution in [2.45, 2.75) is 51.0 Å². The molecule has 2 bridgehead atoms. The normalized spacial score (nSPS) is 20.6. The lowest BCUT2D eigenvalue weighted by Gasteiger charge is -2.26. The van der Waals surface area contributed by atoms with E-state index in [0.29, 0.717) is 45.4 Å². The smallest absolute Gasteiger partial charge is 0.269 e. The van der Waals surface area contributed by atoms with E-state index >= 15 is 0 Å². The summed E-state index contributed by atoms with van der Waals surface area (Å²) >= 11 is 0. The minimum absolute atomic E-state index is 0.178. The van der Waals surface area contributed by atoms with Gasteiger partial charge in [-0.15, -0.1) is 0 Å². The number of hydrogen-bond donors (Lipinski definition) is 1. The first kappa shape index (κ1) is 26.8. The maximum atomic E-state index is 14.0. The second-order valence-electron chi connectivity index (χ2n) is 11.5. The molecule has 3 aliphatic heterocycles. The van der Waals surface area contributed by atoms with Crippen LogP contribution in [0.2, 0.25) is 0 Å². The Labute approximate surface area is 244 Å². The minimum atomic E-state index is -3.96. The Morgan fingerprint density at radius 2 is 1.79 bits per heavy atom. The van der Waals surface area contributed by atoms with Gasteiger partial charge in [-0.2, -0.15) is 0 Å². The molecule has 3 saturated heterocycles. The number of piperidine rings is 1. The molecule has 8 rings (SSSR count). The first-order chi connectivity index (χ1) is 20.3. The molecule has 3 aliphatic rings. The van der Waals surface area contributed by atoms with Gasteiger partial charge in [-0.1, -0.05) is 23.4 Å². The van der Waals surface area contributed by atoms with Crippen LogP contribution in [0.15, 0.2) is 64.3 Å². The van der Waals surface area contributed by atoms with Crippen LogP contribution >= 0.6 is 0 Å². The van der Waals surface area contributed by atoms with Gasteiger partial charge in [-0.05, 0) is 88.9 Å². The number of benzene rings is 1. The number of anilines is 1. The zero-order chi connectivity index (χ0) is 29.0. The summed E-state index contributed by atoms with van der Waals surface area (Å²) in [7, 11) is -3.96. The van der Waals surface area contributed by atoms with Crippen LogP contribution in [0.4, 0.5) is 5.95 Å². The number of rotatable bonds is 6. The maximum Gasteiger partial charge on any atom is 0.269 e. The molecule has 0 amide bonds. The van der Waals surface area contributed by atoms with Crippen molar-refractivity contribution < 1.29 is 12.9 Å². The summed E-state index contributed by atoms with van der Waals surface area (Å²) in [5.41, 5.74) is 4.53. The van der Waals surface area contributed by atoms with Gasteiger partial charge in [0.2, 0.25) is 5.95 Å². The lowest BCUT2D eigenvalue weighted by atomic mass is 9.94. The molecule has 1 aromatic carbocycles. The van der Waals surface area contributed by atoms with Crippen molar-refractivity contribution in [1.29, 1.82) is 0 Å². The molecule has 0 saturated carbocycles. The maximum absolute atomic E-state index is 14.0. The third kappa shape index (κ3) is 4.66. The quantitative estimate of drug-likeness (QED) is 0.287. The van der Waals surface area contributed by atoms with Crippen LogP contribution in [0.1, 0.15) is 36.3 Å². The van der Waals surface area contributed by atoms with Crippen molar-refractivity contribution in [1.82, 2.24) is 29.0 Å². The van der Waals surface area contributed by atoms with E-state index in [-0.39, 0.29) is 10.9 Å². The molecule has 0 radical (unpaired) electrons. The molecular formula is C31H33N7O3S. The predicted molar refractivity (Wildman–Crippen MR) is 161 cm³/mol. The van der Waals surface area contributed by atoms with Crippen LogP contribution in [0.3, 0.4) is 0 Å². The Morgan fingerprint density at radius 3 is 2.52 bits per heavy atom. The average Bonchev–Trinajstić information content (AvgIpc) is 3.39. The van der Waals surface area contributed by atoms with E-state index in [4.69, 9.17) is 14.5 Å². The second kappa shape index (κ2) is 10.3. The molecule has 5 aromatic rings. The van der Waals surface area contributed by atoms with Crippen LogP contribution in [-0.4, -0.2) is 63.1 Å². The van der Waals surface area contributed by atoms with Gasteiger partial charge in [0.25, 0.3) is 10.0 Å². The van der Waals surface area contributed by atoms with Gasteiger partial charge in [0.05, 0.1) is 27.5 Å². The van der Waals surface area contributed by atoms with Gasteiger partial charge in [-0.25, -0.2) is 27.3 Å². The van der Waals surface area contributed by atoms with Crippen molar-refractivity contribution in [2.75, 3.05) is 25.0 Å². The van der Waals surface area contributed by atoms with E-state index in [9.17, 15) is 8.42 Å². The summed E-state index contributed by atoms with van der Waals surface area (Å²) < 4.78 is 34.6. The molecule has 0 aliphatic carbocycles. The SMILES string of the molecule is Cc1cnc(NC2CC3CCN(CC3)C2)nc1-c1cn(S(=O)(=O)c2ccccc2)c2nc(-c3c(C)noc3C)ccc12. The number of nitrogens with one attached hydrogen (secondary N) is 1. The number of pyridine rings is 1. The molecule has 42 heavy (non-hydrogen) atoms. The van der Waals surface area contributed by atoms with E-state index in [1.807, 2.05) is 32.9 Å². The predicted octanol–water partition coefficient (Wildman–Crippen LogP) is 5.21. The highest BCUT2D eigenvalue weighted by molar-refractivity contribution is 7.90. The van der Waals surface area contributed by atoms with E-state index in [1.165, 1.54) is 16.8 Å². The van der Waals surface area contributed by atoms with Crippen LogP contribution in [-0.2, 0) is 10.0 Å². The molecular weight excluding hydrogens is 550 g/mol. The molecule has 3 fully saturated rings. The van der Waals surface area contributed by atoms with E-state index in [1.54, 1.807) is 42.7 Å². The van der Waals surface area contributed by atoms with Crippen LogP contribution in [0, 0.1) is 26.7 Å². The Kier molecular flexibility index (Phi) is 6.58. The monoisotopic (exact) mass is 583 g/mol. The molecule has 11 heteroatoms. The van der Waals surface area contributed by atoms with Crippen molar-refractivity contribution >= 4 is 27.0 Å². The van der Waals surface area contributed by atoms with Crippen LogP contribution in [0.25, 0.3) is 33.5 Å². The molecule has 1 atom stereocenters. The van der Waals surface area contributed by atoms with Crippen molar-refractivity contribution in [2.24, 2.45) is 5.92 Å². The van der Waals surface area contributed by atoms with Gasteiger partial charge in [0.1, 0.15) is 5.76 Å². The molecule has 0 spiro atoms. The third-order valence-corrected chi connectivity index (χ3v) is 10.2. The fraction of sp³-hybridized carbons (Fsp3) is 0.355. The van der Waals surface area contributed by atoms with Crippen molar-refractivity contribution in [3.05, 3.63) is 71.9 Å². The van der Waals surface area contributed by atoms with Crippen LogP contribution in [0.5, 0.6) is 0 Å². The zero-order valence-corrected chi connectivity index (χ0v) is 24.7. The number of fused-ring (bicyclic) bond motifs is 5. The number of nitrogens with zero attached hydrogens (tertiary/aromatic N) is 6. The highest BCUT2D eigenvalue weighted by atomic mass is 32.2.